The van der Waals surface area contributed by atoms with E-state index in [2.05, 4.69) is 11.4 Å². The average Bonchev–Trinajstić information content (AvgIpc) is 2.23. The van der Waals surface area contributed by atoms with Crippen LogP contribution in [0.5, 0.6) is 0 Å². The molecule has 0 atom stereocenters. The highest BCUT2D eigenvalue weighted by Gasteiger charge is 1.80. The average molecular weight is 422 g/mol. The lowest BCUT2D eigenvalue weighted by molar-refractivity contribution is -1.63. The van der Waals surface area contributed by atoms with E-state index in [0.717, 1.165) is 0 Å². The van der Waals surface area contributed by atoms with E-state index in [-0.39, 0.29) is 0 Å². The van der Waals surface area contributed by atoms with Crippen molar-refractivity contribution in [2.24, 2.45) is 5.73 Å². The van der Waals surface area contributed by atoms with Crippen LogP contribution in [0.2, 0.25) is 0 Å². The largest absolute Gasteiger partial charge is 0.345 e. The minimum atomic E-state index is -2.60. The maximum Gasteiger partial charge on any atom is 0.282 e. The molecule has 14 nitrogen and oxygen atoms in total. The Morgan fingerprint density at radius 3 is 1.00 bits per heavy atom. The standard InChI is InChI=1S/C4H8N2.4ClHO3/c1-2-6-4-3-5;4*2-1(3)4/h1,6H,3-5H2;4*2H. The van der Waals surface area contributed by atoms with Gasteiger partial charge in [0.1, 0.15) is 0 Å². The van der Waals surface area contributed by atoms with Crippen molar-refractivity contribution < 1.29 is 99.0 Å². The third-order valence-electron chi connectivity index (χ3n) is 0.371. The molecule has 0 aromatic rings. The Morgan fingerprint density at radius 1 is 0.773 bits per heavy atom. The van der Waals surface area contributed by atoms with Crippen molar-refractivity contribution in [1.29, 1.82) is 0 Å². The molecule has 22 heavy (non-hydrogen) atoms. The Labute approximate surface area is 136 Å². The second-order valence-electron chi connectivity index (χ2n) is 1.66. The van der Waals surface area contributed by atoms with Crippen LogP contribution < -0.4 is 48.3 Å². The first-order valence-electron chi connectivity index (χ1n) is 3.71. The summed E-state index contributed by atoms with van der Waals surface area (Å²) in [5.74, 6) is 0. The van der Waals surface area contributed by atoms with Crippen LogP contribution in [0.3, 0.4) is 0 Å². The molecule has 0 spiro atoms. The van der Waals surface area contributed by atoms with Crippen LogP contribution in [0, 0.1) is 55.6 Å². The maximum atomic E-state index is 8.52. The van der Waals surface area contributed by atoms with E-state index >= 15 is 0 Å². The highest BCUT2D eigenvalue weighted by Crippen LogP contribution is 1.42. The monoisotopic (exact) mass is 420 g/mol. The topological polar surface area (TPSA) is 303 Å². The summed E-state index contributed by atoms with van der Waals surface area (Å²) in [6.45, 7) is 1.31. The van der Waals surface area contributed by atoms with Crippen LogP contribution in [0.1, 0.15) is 0 Å². The zero-order valence-electron chi connectivity index (χ0n) is 10.1. The van der Waals surface area contributed by atoms with Crippen LogP contribution in [-0.2, 0) is 0 Å². The minimum Gasteiger partial charge on any atom is -0.345 e. The van der Waals surface area contributed by atoms with Crippen molar-refractivity contribution in [3.8, 4) is 12.5 Å². The van der Waals surface area contributed by atoms with E-state index < -0.39 is 43.1 Å². The lowest BCUT2D eigenvalue weighted by Crippen LogP contribution is -2.30. The summed E-state index contributed by atoms with van der Waals surface area (Å²) >= 11 is 0. The van der Waals surface area contributed by atoms with E-state index in [1.807, 2.05) is 0 Å². The molecular formula is C4H12Cl4N2O12. The molecule has 0 rings (SSSR count). The number of hydrogen-bond acceptors (Lipinski definition) is 14. The highest BCUT2D eigenvalue weighted by molar-refractivity contribution is 4.79. The smallest absolute Gasteiger partial charge is 0.282 e. The predicted octanol–water partition coefficient (Wildman–Crippen LogP) is -12.6. The molecule has 0 aromatic carbocycles. The summed E-state index contributed by atoms with van der Waals surface area (Å²) in [6, 6.07) is 2.24. The first kappa shape index (κ1) is 33.6. The van der Waals surface area contributed by atoms with Gasteiger partial charge in [0.25, 0.3) is 43.1 Å². The zero-order valence-corrected chi connectivity index (χ0v) is 13.2. The van der Waals surface area contributed by atoms with Gasteiger partial charge in [0.2, 0.25) is 0 Å². The highest BCUT2D eigenvalue weighted by atomic mass is 35.6. The third-order valence-corrected chi connectivity index (χ3v) is 0.371. The molecule has 0 fully saturated rings. The van der Waals surface area contributed by atoms with Crippen molar-refractivity contribution in [3.05, 3.63) is 0 Å². The van der Waals surface area contributed by atoms with E-state index in [1.54, 1.807) is 0 Å². The first-order valence-corrected chi connectivity index (χ1v) is 7.53. The minimum absolute atomic E-state index is 0.601. The second kappa shape index (κ2) is 32.8. The van der Waals surface area contributed by atoms with Crippen molar-refractivity contribution in [1.82, 2.24) is 5.32 Å². The molecule has 0 aliphatic carbocycles. The summed E-state index contributed by atoms with van der Waals surface area (Å²) in [7, 11) is -10.4. The number of nitrogens with one attached hydrogen (secondary N) is 1. The lowest BCUT2D eigenvalue weighted by Gasteiger charge is -1.86. The van der Waals surface area contributed by atoms with E-state index in [1.165, 1.54) is 0 Å². The summed E-state index contributed by atoms with van der Waals surface area (Å²) in [6.07, 6.45) is 4.80. The molecule has 0 aliphatic rings. The van der Waals surface area contributed by atoms with Gasteiger partial charge in [-0.1, -0.05) is 6.42 Å². The quantitative estimate of drug-likeness (QED) is 0.137. The van der Waals surface area contributed by atoms with E-state index in [9.17, 15) is 0 Å². The fourth-order valence-electron chi connectivity index (χ4n) is 0.144. The third kappa shape index (κ3) is 802. The molecule has 18 heteroatoms. The number of nitrogens with two attached hydrogens (primary N) is 1. The van der Waals surface area contributed by atoms with Crippen LogP contribution in [0.15, 0.2) is 0 Å². The Bertz CT molecular complexity index is 169. The molecule has 0 heterocycles. The van der Waals surface area contributed by atoms with Crippen LogP contribution >= 0.6 is 0 Å². The van der Waals surface area contributed by atoms with Crippen LogP contribution in [0.4, 0.5) is 0 Å². The van der Waals surface area contributed by atoms with Gasteiger partial charge < -0.3 is 48.3 Å². The normalized spacial score (nSPS) is 8.36. The van der Waals surface area contributed by atoms with E-state index in [4.69, 9.17) is 68.1 Å². The van der Waals surface area contributed by atoms with Gasteiger partial charge in [-0.3, -0.25) is 0 Å². The Hall–Kier alpha value is -0.000000000000000180. The number of halogens is 4. The van der Waals surface area contributed by atoms with Crippen molar-refractivity contribution in [2.75, 3.05) is 13.1 Å². The molecule has 0 bridgehead atoms. The molecule has 0 aliphatic heterocycles. The molecule has 0 aromatic heterocycles. The molecule has 0 unspecified atom stereocenters. The molecular weight excluding hydrogens is 410 g/mol. The van der Waals surface area contributed by atoms with Crippen molar-refractivity contribution in [3.63, 3.8) is 0 Å². The Kier molecular flexibility index (Phi) is 50.1. The van der Waals surface area contributed by atoms with Gasteiger partial charge in [0, 0.05) is 37.8 Å². The van der Waals surface area contributed by atoms with Crippen molar-refractivity contribution in [2.45, 2.75) is 0 Å². The van der Waals surface area contributed by atoms with Crippen LogP contribution in [0.25, 0.3) is 0 Å². The van der Waals surface area contributed by atoms with Gasteiger partial charge in [-0.25, -0.2) is 0 Å². The second-order valence-corrected chi connectivity index (χ2v) is 3.27. The zero-order chi connectivity index (χ0) is 19.1. The van der Waals surface area contributed by atoms with Gasteiger partial charge in [0.15, 0.2) is 0 Å². The fraction of sp³-hybridized carbons (Fsp3) is 0.500. The molecule has 7 N–H and O–H groups in total. The molecule has 0 radical (unpaired) electrons. The molecule has 0 amide bonds. The van der Waals surface area contributed by atoms with Gasteiger partial charge in [0.05, 0.1) is 0 Å². The van der Waals surface area contributed by atoms with Crippen molar-refractivity contribution >= 4 is 0 Å². The summed E-state index contributed by atoms with van der Waals surface area (Å²) < 4.78 is 95.9. The van der Waals surface area contributed by atoms with Gasteiger partial charge in [-0.05, 0) is 0 Å². The van der Waals surface area contributed by atoms with Gasteiger partial charge in [-0.2, -0.15) is 0 Å². The summed E-state index contributed by atoms with van der Waals surface area (Å²) in [5, 5.41) is 2.60. The van der Waals surface area contributed by atoms with Gasteiger partial charge in [-0.15, -0.1) is 0 Å². The molecule has 138 valence electrons. The molecule has 0 saturated heterocycles. The molecule has 0 saturated carbocycles. The van der Waals surface area contributed by atoms with Gasteiger partial charge >= 0.3 is 0 Å². The lowest BCUT2D eigenvalue weighted by atomic mass is 10.7. The summed E-state index contributed by atoms with van der Waals surface area (Å²) in [5.41, 5.74) is 5.06. The Morgan fingerprint density at radius 2 is 0.955 bits per heavy atom. The SMILES string of the molecule is C#CNCCN.[O-][Cl+2]([O-])O.[O-][Cl+2]([O-])O.[O-][Cl+2]([O-])O.[O-][Cl+2]([O-])O. The Balaban J connectivity index is -0.0000000555. The number of hydrogen-bond donors (Lipinski definition) is 6. The number of terminal acetylenes is 1. The first-order chi connectivity index (χ1) is 9.84. The van der Waals surface area contributed by atoms with Crippen LogP contribution in [-0.4, -0.2) is 31.7 Å². The number of rotatable bonds is 2. The predicted molar refractivity (Wildman–Crippen MR) is 34.8 cm³/mol. The maximum absolute atomic E-state index is 8.52. The fourth-order valence-corrected chi connectivity index (χ4v) is 0.144. The summed E-state index contributed by atoms with van der Waals surface area (Å²) in [4.78, 5) is 0. The van der Waals surface area contributed by atoms with E-state index in [0.29, 0.717) is 13.1 Å².